The number of unbranched alkanes of at least 4 members (excludes halogenated alkanes) is 1. The van der Waals surface area contributed by atoms with E-state index in [0.717, 1.165) is 24.8 Å². The summed E-state index contributed by atoms with van der Waals surface area (Å²) in [7, 11) is 0. The quantitative estimate of drug-likeness (QED) is 0.551. The van der Waals surface area contributed by atoms with Crippen LogP contribution in [0, 0.1) is 5.82 Å². The first kappa shape index (κ1) is 10.5. The van der Waals surface area contributed by atoms with E-state index in [1.165, 1.54) is 0 Å². The number of hydrogen-bond donors (Lipinski definition) is 0. The predicted octanol–water partition coefficient (Wildman–Crippen LogP) is 4.10. The lowest BCUT2D eigenvalue weighted by atomic mass is 10.1. The highest BCUT2D eigenvalue weighted by molar-refractivity contribution is 9.10. The number of allylic oxidation sites excluding steroid dienone is 1. The molecule has 0 atom stereocenters. The van der Waals surface area contributed by atoms with Gasteiger partial charge in [-0.15, -0.1) is 6.58 Å². The van der Waals surface area contributed by atoms with Crippen LogP contribution < -0.4 is 0 Å². The Morgan fingerprint density at radius 3 is 2.92 bits per heavy atom. The standard InChI is InChI=1S/C11H12BrF/c1-2-3-4-6-9-7-5-8-10(12)11(9)13/h2,5,7-8H,1,3-4,6H2. The molecule has 0 saturated carbocycles. The first-order valence-electron chi connectivity index (χ1n) is 4.29. The van der Waals surface area contributed by atoms with Gasteiger partial charge < -0.3 is 0 Å². The van der Waals surface area contributed by atoms with Gasteiger partial charge >= 0.3 is 0 Å². The average molecular weight is 243 g/mol. The number of hydrogen-bond acceptors (Lipinski definition) is 0. The number of aryl methyl sites for hydroxylation is 1. The fourth-order valence-electron chi connectivity index (χ4n) is 1.18. The van der Waals surface area contributed by atoms with Crippen LogP contribution in [0.25, 0.3) is 0 Å². The van der Waals surface area contributed by atoms with Crippen molar-refractivity contribution in [3.8, 4) is 0 Å². The summed E-state index contributed by atoms with van der Waals surface area (Å²) in [4.78, 5) is 0. The summed E-state index contributed by atoms with van der Waals surface area (Å²) in [6.45, 7) is 3.63. The van der Waals surface area contributed by atoms with E-state index in [4.69, 9.17) is 0 Å². The minimum absolute atomic E-state index is 0.133. The molecule has 70 valence electrons. The van der Waals surface area contributed by atoms with Crippen molar-refractivity contribution in [1.29, 1.82) is 0 Å². The molecule has 2 heteroatoms. The molecule has 0 fully saturated rings. The molecular formula is C11H12BrF. The molecule has 1 aromatic rings. The van der Waals surface area contributed by atoms with E-state index in [0.29, 0.717) is 4.47 Å². The van der Waals surface area contributed by atoms with E-state index in [-0.39, 0.29) is 5.82 Å². The summed E-state index contributed by atoms with van der Waals surface area (Å²) in [5, 5.41) is 0. The molecule has 1 rings (SSSR count). The third kappa shape index (κ3) is 2.96. The van der Waals surface area contributed by atoms with Crippen molar-refractivity contribution < 1.29 is 4.39 Å². The molecule has 0 nitrogen and oxygen atoms in total. The molecule has 1 aromatic carbocycles. The van der Waals surface area contributed by atoms with Gasteiger partial charge in [0.2, 0.25) is 0 Å². The molecule has 0 bridgehead atoms. The van der Waals surface area contributed by atoms with E-state index >= 15 is 0 Å². The zero-order valence-electron chi connectivity index (χ0n) is 7.39. The van der Waals surface area contributed by atoms with Gasteiger partial charge in [0.25, 0.3) is 0 Å². The highest BCUT2D eigenvalue weighted by Crippen LogP contribution is 2.19. The molecule has 0 radical (unpaired) electrons. The molecule has 0 aliphatic heterocycles. The van der Waals surface area contributed by atoms with Gasteiger partial charge in [0.15, 0.2) is 0 Å². The molecule has 0 aliphatic rings. The van der Waals surface area contributed by atoms with Crippen LogP contribution in [0.15, 0.2) is 35.3 Å². The highest BCUT2D eigenvalue weighted by atomic mass is 79.9. The number of rotatable bonds is 4. The Labute approximate surface area is 86.6 Å². The fraction of sp³-hybridized carbons (Fsp3) is 0.273. The summed E-state index contributed by atoms with van der Waals surface area (Å²) in [5.74, 6) is -0.133. The van der Waals surface area contributed by atoms with Crippen LogP contribution in [0.2, 0.25) is 0 Å². The van der Waals surface area contributed by atoms with Crippen LogP contribution in [0.1, 0.15) is 18.4 Å². The Balaban J connectivity index is 2.65. The van der Waals surface area contributed by atoms with Gasteiger partial charge in [-0.3, -0.25) is 0 Å². The smallest absolute Gasteiger partial charge is 0.140 e. The summed E-state index contributed by atoms with van der Waals surface area (Å²) in [5.41, 5.74) is 0.774. The van der Waals surface area contributed by atoms with E-state index < -0.39 is 0 Å². The second kappa shape index (κ2) is 5.18. The molecule has 0 saturated heterocycles. The van der Waals surface area contributed by atoms with Crippen LogP contribution in [-0.4, -0.2) is 0 Å². The molecule has 0 aromatic heterocycles. The zero-order valence-corrected chi connectivity index (χ0v) is 8.98. The molecule has 0 unspecified atom stereocenters. The minimum atomic E-state index is -0.133. The number of benzene rings is 1. The van der Waals surface area contributed by atoms with Crippen LogP contribution in [-0.2, 0) is 6.42 Å². The molecule has 0 spiro atoms. The Kier molecular flexibility index (Phi) is 4.16. The van der Waals surface area contributed by atoms with Gasteiger partial charge in [-0.1, -0.05) is 18.2 Å². The second-order valence-electron chi connectivity index (χ2n) is 2.89. The van der Waals surface area contributed by atoms with Crippen molar-refractivity contribution in [2.75, 3.05) is 0 Å². The molecule has 0 N–H and O–H groups in total. The Bertz CT molecular complexity index is 294. The number of halogens is 2. The van der Waals surface area contributed by atoms with Gasteiger partial charge in [-0.2, -0.15) is 0 Å². The SMILES string of the molecule is C=CCCCc1cccc(Br)c1F. The van der Waals surface area contributed by atoms with Crippen molar-refractivity contribution in [2.24, 2.45) is 0 Å². The summed E-state index contributed by atoms with van der Waals surface area (Å²) in [6, 6.07) is 5.39. The van der Waals surface area contributed by atoms with E-state index in [1.807, 2.05) is 18.2 Å². The summed E-state index contributed by atoms with van der Waals surface area (Å²) >= 11 is 3.16. The Morgan fingerprint density at radius 2 is 2.23 bits per heavy atom. The van der Waals surface area contributed by atoms with Crippen molar-refractivity contribution in [3.63, 3.8) is 0 Å². The van der Waals surface area contributed by atoms with E-state index in [9.17, 15) is 4.39 Å². The second-order valence-corrected chi connectivity index (χ2v) is 3.75. The van der Waals surface area contributed by atoms with Crippen LogP contribution >= 0.6 is 15.9 Å². The van der Waals surface area contributed by atoms with Gasteiger partial charge in [-0.25, -0.2) is 4.39 Å². The maximum absolute atomic E-state index is 13.4. The molecule has 0 heterocycles. The first-order chi connectivity index (χ1) is 6.25. The molecule has 0 aliphatic carbocycles. The first-order valence-corrected chi connectivity index (χ1v) is 5.09. The Morgan fingerprint density at radius 1 is 1.46 bits per heavy atom. The topological polar surface area (TPSA) is 0 Å². The Hall–Kier alpha value is -0.630. The van der Waals surface area contributed by atoms with Gasteiger partial charge in [0.1, 0.15) is 5.82 Å². The zero-order chi connectivity index (χ0) is 9.68. The maximum atomic E-state index is 13.4. The summed E-state index contributed by atoms with van der Waals surface area (Å²) < 4.78 is 13.9. The van der Waals surface area contributed by atoms with Crippen molar-refractivity contribution in [2.45, 2.75) is 19.3 Å². The van der Waals surface area contributed by atoms with Crippen molar-refractivity contribution in [3.05, 3.63) is 46.7 Å². The van der Waals surface area contributed by atoms with Crippen LogP contribution in [0.4, 0.5) is 4.39 Å². The van der Waals surface area contributed by atoms with E-state index in [1.54, 1.807) is 6.07 Å². The monoisotopic (exact) mass is 242 g/mol. The summed E-state index contributed by atoms with van der Waals surface area (Å²) in [6.07, 6.45) is 4.52. The molecule has 0 amide bonds. The van der Waals surface area contributed by atoms with Crippen molar-refractivity contribution in [1.82, 2.24) is 0 Å². The lowest BCUT2D eigenvalue weighted by Crippen LogP contribution is -1.90. The highest BCUT2D eigenvalue weighted by Gasteiger charge is 2.04. The molecular weight excluding hydrogens is 231 g/mol. The van der Waals surface area contributed by atoms with Crippen LogP contribution in [0.3, 0.4) is 0 Å². The van der Waals surface area contributed by atoms with Crippen LogP contribution in [0.5, 0.6) is 0 Å². The normalized spacial score (nSPS) is 10.0. The lowest BCUT2D eigenvalue weighted by molar-refractivity contribution is 0.598. The fourth-order valence-corrected chi connectivity index (χ4v) is 1.59. The third-order valence-electron chi connectivity index (χ3n) is 1.89. The lowest BCUT2D eigenvalue weighted by Gasteiger charge is -2.02. The third-order valence-corrected chi connectivity index (χ3v) is 2.50. The predicted molar refractivity (Wildman–Crippen MR) is 57.2 cm³/mol. The maximum Gasteiger partial charge on any atom is 0.140 e. The van der Waals surface area contributed by atoms with Gasteiger partial charge in [0.05, 0.1) is 4.47 Å². The minimum Gasteiger partial charge on any atom is -0.205 e. The molecule has 13 heavy (non-hydrogen) atoms. The van der Waals surface area contributed by atoms with Crippen molar-refractivity contribution >= 4 is 15.9 Å². The average Bonchev–Trinajstić information content (AvgIpc) is 2.13. The van der Waals surface area contributed by atoms with Gasteiger partial charge in [0, 0.05) is 0 Å². The van der Waals surface area contributed by atoms with E-state index in [2.05, 4.69) is 22.5 Å². The largest absolute Gasteiger partial charge is 0.205 e. The van der Waals surface area contributed by atoms with Gasteiger partial charge in [-0.05, 0) is 46.8 Å².